The smallest absolute Gasteiger partial charge is 0.265 e. The molecule has 0 atom stereocenters. The summed E-state index contributed by atoms with van der Waals surface area (Å²) >= 11 is 1.42. The molecule has 0 aliphatic carbocycles. The van der Waals surface area contributed by atoms with Crippen molar-refractivity contribution in [1.29, 1.82) is 0 Å². The van der Waals surface area contributed by atoms with E-state index in [-0.39, 0.29) is 10.8 Å². The van der Waals surface area contributed by atoms with Crippen molar-refractivity contribution in [3.8, 4) is 16.2 Å². The van der Waals surface area contributed by atoms with Gasteiger partial charge in [-0.1, -0.05) is 12.1 Å². The number of nitrogens with zero attached hydrogens (tertiary/aromatic N) is 1. The van der Waals surface area contributed by atoms with Crippen LogP contribution >= 0.6 is 11.3 Å². The number of benzene rings is 2. The van der Waals surface area contributed by atoms with Crippen molar-refractivity contribution in [1.82, 2.24) is 4.31 Å². The highest BCUT2D eigenvalue weighted by molar-refractivity contribution is 7.89. The van der Waals surface area contributed by atoms with Crippen LogP contribution in [0.2, 0.25) is 0 Å². The zero-order valence-corrected chi connectivity index (χ0v) is 16.9. The first-order chi connectivity index (χ1) is 13.4. The molecule has 8 heteroatoms. The second-order valence-corrected chi connectivity index (χ2v) is 9.72. The first-order valence-electron chi connectivity index (χ1n) is 8.55. The minimum Gasteiger partial charge on any atom is -0.488 e. The van der Waals surface area contributed by atoms with Gasteiger partial charge in [-0.15, -0.1) is 11.3 Å². The van der Waals surface area contributed by atoms with Gasteiger partial charge in [0, 0.05) is 35.8 Å². The fourth-order valence-corrected chi connectivity index (χ4v) is 4.92. The summed E-state index contributed by atoms with van der Waals surface area (Å²) in [4.78, 5) is 14.5. The number of amides is 1. The third-order valence-corrected chi connectivity index (χ3v) is 7.48. The lowest BCUT2D eigenvalue weighted by atomic mass is 10.1. The molecule has 3 aromatic rings. The number of hydrogen-bond acceptors (Lipinski definition) is 5. The van der Waals surface area contributed by atoms with Gasteiger partial charge >= 0.3 is 0 Å². The highest BCUT2D eigenvalue weighted by Gasteiger charge is 2.22. The Hall–Kier alpha value is -2.68. The maximum atomic E-state index is 12.7. The van der Waals surface area contributed by atoms with Crippen LogP contribution < -0.4 is 10.1 Å². The molecule has 6 nitrogen and oxygen atoms in total. The van der Waals surface area contributed by atoms with Gasteiger partial charge in [-0.3, -0.25) is 4.79 Å². The number of ether oxygens (including phenoxy) is 1. The van der Waals surface area contributed by atoms with Crippen LogP contribution in [0.1, 0.15) is 15.2 Å². The number of thiophene rings is 1. The molecule has 1 aromatic heterocycles. The number of hydrogen-bond donors (Lipinski definition) is 1. The van der Waals surface area contributed by atoms with Gasteiger partial charge in [-0.05, 0) is 42.5 Å². The Morgan fingerprint density at radius 1 is 1.11 bits per heavy atom. The number of carbonyl (C=O) groups excluding carboxylic acids is 1. The van der Waals surface area contributed by atoms with Crippen molar-refractivity contribution >= 4 is 33.0 Å². The van der Waals surface area contributed by atoms with E-state index in [1.165, 1.54) is 37.6 Å². The number of para-hydroxylation sites is 1. The second kappa shape index (κ2) is 7.05. The maximum absolute atomic E-state index is 12.7. The second-order valence-electron chi connectivity index (χ2n) is 6.52. The normalized spacial score (nSPS) is 12.8. The van der Waals surface area contributed by atoms with Crippen LogP contribution in [0.4, 0.5) is 5.69 Å². The third-order valence-electron chi connectivity index (χ3n) is 4.44. The quantitative estimate of drug-likeness (QED) is 0.704. The van der Waals surface area contributed by atoms with Crippen LogP contribution in [0.25, 0.3) is 10.4 Å². The molecule has 1 amide bonds. The van der Waals surface area contributed by atoms with Crippen molar-refractivity contribution in [3.05, 3.63) is 65.0 Å². The zero-order valence-electron chi connectivity index (χ0n) is 15.3. The molecular formula is C20H18N2O4S2. The summed E-state index contributed by atoms with van der Waals surface area (Å²) in [7, 11) is -0.541. The number of carbonyl (C=O) groups is 1. The van der Waals surface area contributed by atoms with Gasteiger partial charge in [0.1, 0.15) is 12.4 Å². The lowest BCUT2D eigenvalue weighted by molar-refractivity contribution is 0.103. The zero-order chi connectivity index (χ0) is 19.9. The van der Waals surface area contributed by atoms with E-state index in [9.17, 15) is 13.2 Å². The van der Waals surface area contributed by atoms with E-state index in [1.807, 2.05) is 30.3 Å². The van der Waals surface area contributed by atoms with Gasteiger partial charge in [0.25, 0.3) is 5.91 Å². The van der Waals surface area contributed by atoms with Gasteiger partial charge in [0.05, 0.1) is 9.77 Å². The first kappa shape index (κ1) is 18.7. The molecule has 2 aromatic carbocycles. The molecule has 0 radical (unpaired) electrons. The predicted octanol–water partition coefficient (Wildman–Crippen LogP) is 3.81. The topological polar surface area (TPSA) is 75.7 Å². The Labute approximate surface area is 167 Å². The number of rotatable bonds is 4. The summed E-state index contributed by atoms with van der Waals surface area (Å²) in [5.74, 6) is 0.585. The highest BCUT2D eigenvalue weighted by Crippen LogP contribution is 2.42. The van der Waals surface area contributed by atoms with Gasteiger partial charge < -0.3 is 10.1 Å². The van der Waals surface area contributed by atoms with Crippen LogP contribution in [0.3, 0.4) is 0 Å². The van der Waals surface area contributed by atoms with Gasteiger partial charge in [0.2, 0.25) is 10.0 Å². The number of anilines is 1. The van der Waals surface area contributed by atoms with E-state index in [0.717, 1.165) is 26.1 Å². The van der Waals surface area contributed by atoms with Crippen LogP contribution in [0.5, 0.6) is 5.75 Å². The first-order valence-corrected chi connectivity index (χ1v) is 10.8. The van der Waals surface area contributed by atoms with Gasteiger partial charge in [0.15, 0.2) is 0 Å². The largest absolute Gasteiger partial charge is 0.488 e. The summed E-state index contributed by atoms with van der Waals surface area (Å²) in [6.07, 6.45) is 0. The van der Waals surface area contributed by atoms with Gasteiger partial charge in [-0.2, -0.15) is 0 Å². The van der Waals surface area contributed by atoms with E-state index >= 15 is 0 Å². The molecule has 0 unspecified atom stereocenters. The molecule has 28 heavy (non-hydrogen) atoms. The maximum Gasteiger partial charge on any atom is 0.265 e. The molecule has 144 valence electrons. The van der Waals surface area contributed by atoms with Crippen molar-refractivity contribution in [2.24, 2.45) is 0 Å². The molecule has 4 rings (SSSR count). The molecule has 2 heterocycles. The van der Waals surface area contributed by atoms with Crippen molar-refractivity contribution in [2.75, 3.05) is 19.4 Å². The van der Waals surface area contributed by atoms with E-state index in [4.69, 9.17) is 4.74 Å². The van der Waals surface area contributed by atoms with Crippen molar-refractivity contribution in [2.45, 2.75) is 11.5 Å². The third kappa shape index (κ3) is 3.30. The van der Waals surface area contributed by atoms with Crippen LogP contribution in [-0.2, 0) is 16.6 Å². The summed E-state index contributed by atoms with van der Waals surface area (Å²) in [6.45, 7) is 0.438. The minimum atomic E-state index is -3.50. The number of fused-ring (bicyclic) bond motifs is 3. The lowest BCUT2D eigenvalue weighted by Crippen LogP contribution is -2.22. The molecule has 0 saturated heterocycles. The Kier molecular flexibility index (Phi) is 4.70. The summed E-state index contributed by atoms with van der Waals surface area (Å²) in [5, 5.41) is 2.82. The monoisotopic (exact) mass is 414 g/mol. The summed E-state index contributed by atoms with van der Waals surface area (Å²) < 4.78 is 31.1. The lowest BCUT2D eigenvalue weighted by Gasteiger charge is -2.16. The number of sulfonamides is 1. The van der Waals surface area contributed by atoms with Crippen molar-refractivity contribution < 1.29 is 17.9 Å². The fourth-order valence-electron chi connectivity index (χ4n) is 2.93. The van der Waals surface area contributed by atoms with E-state index in [0.29, 0.717) is 17.2 Å². The van der Waals surface area contributed by atoms with Crippen LogP contribution in [0.15, 0.2) is 59.5 Å². The van der Waals surface area contributed by atoms with E-state index in [2.05, 4.69) is 5.32 Å². The molecule has 0 saturated carbocycles. The standard InChI is InChI=1S/C20H18N2O4S2/c1-22(2)28(24,25)15-9-7-14(8-10-15)21-20(23)18-11-13-12-26-17-6-4-3-5-16(17)19(13)27-18/h3-11H,12H2,1-2H3,(H,21,23). The summed E-state index contributed by atoms with van der Waals surface area (Å²) in [6, 6.07) is 15.7. The molecular weight excluding hydrogens is 396 g/mol. The molecule has 1 N–H and O–H groups in total. The van der Waals surface area contributed by atoms with Gasteiger partial charge in [-0.25, -0.2) is 12.7 Å². The fraction of sp³-hybridized carbons (Fsp3) is 0.150. The molecule has 0 fully saturated rings. The summed E-state index contributed by atoms with van der Waals surface area (Å²) in [5.41, 5.74) is 2.51. The van der Waals surface area contributed by atoms with E-state index in [1.54, 1.807) is 12.1 Å². The highest BCUT2D eigenvalue weighted by atomic mass is 32.2. The van der Waals surface area contributed by atoms with E-state index < -0.39 is 10.0 Å². The Bertz CT molecular complexity index is 1150. The van der Waals surface area contributed by atoms with Crippen LogP contribution in [0, 0.1) is 0 Å². The average Bonchev–Trinajstić information content (AvgIpc) is 3.13. The van der Waals surface area contributed by atoms with Crippen molar-refractivity contribution in [3.63, 3.8) is 0 Å². The Morgan fingerprint density at radius 3 is 2.54 bits per heavy atom. The molecule has 1 aliphatic heterocycles. The molecule has 0 bridgehead atoms. The molecule has 0 spiro atoms. The Balaban J connectivity index is 1.55. The molecule has 1 aliphatic rings. The SMILES string of the molecule is CN(C)S(=O)(=O)c1ccc(NC(=O)c2cc3c(s2)-c2ccccc2OC3)cc1. The Morgan fingerprint density at radius 2 is 1.82 bits per heavy atom. The average molecular weight is 415 g/mol. The minimum absolute atomic E-state index is 0.177. The predicted molar refractivity (Wildman–Crippen MR) is 109 cm³/mol. The van der Waals surface area contributed by atoms with Crippen LogP contribution in [-0.4, -0.2) is 32.7 Å². The number of nitrogens with one attached hydrogen (secondary N) is 1.